The van der Waals surface area contributed by atoms with Crippen molar-refractivity contribution in [1.82, 2.24) is 0 Å². The zero-order chi connectivity index (χ0) is 11.2. The Balaban J connectivity index is 1.58. The molecule has 0 nitrogen and oxygen atoms in total. The molecule has 0 saturated heterocycles. The Hall–Kier alpha value is -0.260. The molecule has 0 aromatic rings. The molecule has 0 amide bonds. The highest BCUT2D eigenvalue weighted by molar-refractivity contribution is 5.03. The van der Waals surface area contributed by atoms with Crippen molar-refractivity contribution in [2.75, 3.05) is 0 Å². The highest BCUT2D eigenvalue weighted by Gasteiger charge is 2.47. The van der Waals surface area contributed by atoms with Crippen molar-refractivity contribution in [3.63, 3.8) is 0 Å². The molecule has 4 aliphatic rings. The Kier molecular flexibility index (Phi) is 2.59. The predicted octanol–water partition coefficient (Wildman–Crippen LogP) is 4.81. The Morgan fingerprint density at radius 1 is 0.529 bits per heavy atom. The van der Waals surface area contributed by atoms with Crippen molar-refractivity contribution < 1.29 is 0 Å². The van der Waals surface area contributed by atoms with E-state index in [2.05, 4.69) is 12.2 Å². The lowest BCUT2D eigenvalue weighted by Gasteiger charge is -2.51. The maximum absolute atomic E-state index is 2.49. The van der Waals surface area contributed by atoms with Gasteiger partial charge in [-0.25, -0.2) is 0 Å². The van der Waals surface area contributed by atoms with Gasteiger partial charge in [0.15, 0.2) is 0 Å². The van der Waals surface area contributed by atoms with Crippen LogP contribution in [-0.4, -0.2) is 0 Å². The third-order valence-corrected chi connectivity index (χ3v) is 6.73. The Morgan fingerprint density at radius 2 is 1.29 bits per heavy atom. The lowest BCUT2D eigenvalue weighted by atomic mass is 9.54. The minimum atomic E-state index is 1.07. The second kappa shape index (κ2) is 4.14. The minimum Gasteiger partial charge on any atom is -0.0882 e. The molecule has 0 heterocycles. The van der Waals surface area contributed by atoms with Crippen LogP contribution in [0.15, 0.2) is 12.2 Å². The van der Waals surface area contributed by atoms with Gasteiger partial charge in [-0.3, -0.25) is 0 Å². The van der Waals surface area contributed by atoms with Gasteiger partial charge in [0.1, 0.15) is 0 Å². The molecule has 17 heavy (non-hydrogen) atoms. The molecule has 0 N–H and O–H groups in total. The fraction of sp³-hybridized carbons (Fsp3) is 0.882. The van der Waals surface area contributed by atoms with E-state index in [1.54, 1.807) is 44.9 Å². The van der Waals surface area contributed by atoms with Gasteiger partial charge in [0.05, 0.1) is 0 Å². The molecule has 3 saturated carbocycles. The number of rotatable bonds is 0. The van der Waals surface area contributed by atoms with Crippen molar-refractivity contribution in [2.45, 2.75) is 57.8 Å². The van der Waals surface area contributed by atoms with Gasteiger partial charge < -0.3 is 0 Å². The third-order valence-electron chi connectivity index (χ3n) is 6.73. The van der Waals surface area contributed by atoms with Crippen LogP contribution in [-0.2, 0) is 0 Å². The van der Waals surface area contributed by atoms with Crippen LogP contribution in [0.3, 0.4) is 0 Å². The predicted molar refractivity (Wildman–Crippen MR) is 71.6 cm³/mol. The van der Waals surface area contributed by atoms with Crippen molar-refractivity contribution >= 4 is 0 Å². The molecule has 0 aromatic heterocycles. The highest BCUT2D eigenvalue weighted by Crippen LogP contribution is 2.57. The smallest absolute Gasteiger partial charge is 0.0317 e. The summed E-state index contributed by atoms with van der Waals surface area (Å²) in [7, 11) is 0. The van der Waals surface area contributed by atoms with Crippen LogP contribution in [0.1, 0.15) is 57.8 Å². The van der Waals surface area contributed by atoms with Gasteiger partial charge in [-0.15, -0.1) is 0 Å². The van der Waals surface area contributed by atoms with E-state index in [0.717, 1.165) is 35.5 Å². The van der Waals surface area contributed by atoms with Crippen LogP contribution in [0.2, 0.25) is 0 Å². The lowest BCUT2D eigenvalue weighted by Crippen LogP contribution is -2.42. The van der Waals surface area contributed by atoms with Crippen LogP contribution in [0.25, 0.3) is 0 Å². The quantitative estimate of drug-likeness (QED) is 0.524. The molecule has 6 atom stereocenters. The van der Waals surface area contributed by atoms with Crippen molar-refractivity contribution in [3.8, 4) is 0 Å². The second-order valence-corrected chi connectivity index (χ2v) is 7.20. The first-order valence-corrected chi connectivity index (χ1v) is 8.08. The van der Waals surface area contributed by atoms with E-state index in [1.165, 1.54) is 12.8 Å². The summed E-state index contributed by atoms with van der Waals surface area (Å²) in [6.45, 7) is 0. The molecule has 4 rings (SSSR count). The fourth-order valence-electron chi connectivity index (χ4n) is 6.04. The van der Waals surface area contributed by atoms with Gasteiger partial charge in [0.25, 0.3) is 0 Å². The zero-order valence-corrected chi connectivity index (χ0v) is 11.0. The summed E-state index contributed by atoms with van der Waals surface area (Å²) in [4.78, 5) is 0. The molecular formula is C17H26. The molecule has 94 valence electrons. The Morgan fingerprint density at radius 3 is 2.24 bits per heavy atom. The largest absolute Gasteiger partial charge is 0.0882 e. The molecule has 0 spiro atoms. The maximum atomic E-state index is 2.49. The normalized spacial score (nSPS) is 52.7. The first-order valence-electron chi connectivity index (χ1n) is 8.08. The van der Waals surface area contributed by atoms with Gasteiger partial charge in [-0.2, -0.15) is 0 Å². The van der Waals surface area contributed by atoms with E-state index in [4.69, 9.17) is 0 Å². The maximum Gasteiger partial charge on any atom is -0.0317 e. The summed E-state index contributed by atoms with van der Waals surface area (Å²) in [5.74, 6) is 6.72. The van der Waals surface area contributed by atoms with Gasteiger partial charge in [0, 0.05) is 0 Å². The number of hydrogen-bond donors (Lipinski definition) is 0. The van der Waals surface area contributed by atoms with E-state index < -0.39 is 0 Å². The molecular weight excluding hydrogens is 204 g/mol. The van der Waals surface area contributed by atoms with Crippen LogP contribution in [0.4, 0.5) is 0 Å². The van der Waals surface area contributed by atoms with Crippen LogP contribution in [0, 0.1) is 35.5 Å². The Labute approximate surface area is 106 Å². The van der Waals surface area contributed by atoms with E-state index in [0.29, 0.717) is 0 Å². The summed E-state index contributed by atoms with van der Waals surface area (Å²) >= 11 is 0. The Bertz CT molecular complexity index is 316. The van der Waals surface area contributed by atoms with Gasteiger partial charge >= 0.3 is 0 Å². The third kappa shape index (κ3) is 1.63. The van der Waals surface area contributed by atoms with Crippen molar-refractivity contribution in [2.24, 2.45) is 35.5 Å². The minimum absolute atomic E-state index is 1.07. The number of fused-ring (bicyclic) bond motifs is 5. The van der Waals surface area contributed by atoms with Crippen LogP contribution in [0.5, 0.6) is 0 Å². The van der Waals surface area contributed by atoms with Gasteiger partial charge in [-0.1, -0.05) is 25.0 Å². The average Bonchev–Trinajstić information content (AvgIpc) is 2.86. The van der Waals surface area contributed by atoms with Crippen LogP contribution >= 0.6 is 0 Å². The first kappa shape index (κ1) is 10.6. The zero-order valence-electron chi connectivity index (χ0n) is 11.0. The molecule has 0 aliphatic heterocycles. The highest BCUT2D eigenvalue weighted by atomic mass is 14.5. The number of hydrogen-bond acceptors (Lipinski definition) is 0. The summed E-state index contributed by atoms with van der Waals surface area (Å²) in [5, 5.41) is 0. The van der Waals surface area contributed by atoms with E-state index in [9.17, 15) is 0 Å². The average molecular weight is 230 g/mol. The van der Waals surface area contributed by atoms with Crippen molar-refractivity contribution in [1.29, 1.82) is 0 Å². The fourth-order valence-corrected chi connectivity index (χ4v) is 6.04. The van der Waals surface area contributed by atoms with Crippen LogP contribution < -0.4 is 0 Å². The summed E-state index contributed by atoms with van der Waals surface area (Å²) in [5.41, 5.74) is 0. The van der Waals surface area contributed by atoms with Gasteiger partial charge in [0.2, 0.25) is 0 Å². The SMILES string of the molecule is C1=CCC2C(C1)CCC1C3CCCC3CCC21. The molecule has 0 bridgehead atoms. The summed E-state index contributed by atoms with van der Waals surface area (Å²) in [6.07, 6.45) is 18.8. The molecule has 0 radical (unpaired) electrons. The van der Waals surface area contributed by atoms with Gasteiger partial charge in [-0.05, 0) is 80.5 Å². The van der Waals surface area contributed by atoms with E-state index >= 15 is 0 Å². The molecule has 0 heteroatoms. The first-order chi connectivity index (χ1) is 8.43. The molecule has 6 unspecified atom stereocenters. The van der Waals surface area contributed by atoms with E-state index in [-0.39, 0.29) is 0 Å². The number of allylic oxidation sites excluding steroid dienone is 2. The molecule has 4 aliphatic carbocycles. The summed E-state index contributed by atoms with van der Waals surface area (Å²) in [6, 6.07) is 0. The van der Waals surface area contributed by atoms with E-state index in [1.807, 2.05) is 0 Å². The molecule has 0 aromatic carbocycles. The standard InChI is InChI=1S/C17H26/c1-2-6-14-12(4-1)8-10-17-15-7-3-5-13(15)9-11-16(14)17/h1-2,12-17H,3-11H2. The molecule has 3 fully saturated rings. The second-order valence-electron chi connectivity index (χ2n) is 7.20. The topological polar surface area (TPSA) is 0 Å². The summed E-state index contributed by atoms with van der Waals surface area (Å²) < 4.78 is 0. The monoisotopic (exact) mass is 230 g/mol. The van der Waals surface area contributed by atoms with Crippen molar-refractivity contribution in [3.05, 3.63) is 12.2 Å². The lowest BCUT2D eigenvalue weighted by molar-refractivity contribution is -0.00177.